The Morgan fingerprint density at radius 3 is 2.56 bits per heavy atom. The molecular weight excluding hydrogens is 250 g/mol. The number of methoxy groups -OCH3 is 2. The van der Waals surface area contributed by atoms with Gasteiger partial charge in [-0.2, -0.15) is 0 Å². The van der Waals surface area contributed by atoms with Crippen molar-refractivity contribution < 1.29 is 9.47 Å². The maximum atomic E-state index is 6.15. The number of hydrogen-bond acceptors (Lipinski definition) is 3. The first-order chi connectivity index (χ1) is 8.38. The minimum atomic E-state index is -0.155. The quantitative estimate of drug-likeness (QED) is 0.849. The van der Waals surface area contributed by atoms with Crippen LogP contribution in [0.4, 0.5) is 5.69 Å². The van der Waals surface area contributed by atoms with Crippen LogP contribution < -0.4 is 10.1 Å². The smallest absolute Gasteiger partial charge is 0.121 e. The van der Waals surface area contributed by atoms with E-state index in [1.165, 1.54) is 0 Å². The summed E-state index contributed by atoms with van der Waals surface area (Å²) < 4.78 is 10.6. The highest BCUT2D eigenvalue weighted by Gasteiger charge is 2.20. The number of ether oxygens (including phenoxy) is 2. The zero-order valence-corrected chi connectivity index (χ0v) is 12.5. The fourth-order valence-electron chi connectivity index (χ4n) is 1.88. The predicted molar refractivity (Wildman–Crippen MR) is 76.8 cm³/mol. The molecule has 1 rings (SSSR count). The molecule has 1 N–H and O–H groups in total. The van der Waals surface area contributed by atoms with Gasteiger partial charge in [-0.05, 0) is 39.3 Å². The van der Waals surface area contributed by atoms with Gasteiger partial charge in [-0.15, -0.1) is 0 Å². The molecule has 18 heavy (non-hydrogen) atoms. The van der Waals surface area contributed by atoms with Gasteiger partial charge in [-0.25, -0.2) is 0 Å². The van der Waals surface area contributed by atoms with Crippen LogP contribution in [0.3, 0.4) is 0 Å². The Bertz CT molecular complexity index is 393. The molecule has 1 unspecified atom stereocenters. The lowest BCUT2D eigenvalue weighted by Crippen LogP contribution is -2.31. The first-order valence-electron chi connectivity index (χ1n) is 6.03. The topological polar surface area (TPSA) is 30.5 Å². The predicted octanol–water partition coefficient (Wildman–Crippen LogP) is 3.96. The zero-order chi connectivity index (χ0) is 13.8. The van der Waals surface area contributed by atoms with Crippen molar-refractivity contribution >= 4 is 17.3 Å². The first kappa shape index (κ1) is 15.1. The summed E-state index contributed by atoms with van der Waals surface area (Å²) in [6, 6.07) is 5.83. The Balaban J connectivity index is 2.72. The van der Waals surface area contributed by atoms with Crippen LogP contribution in [0.25, 0.3) is 0 Å². The van der Waals surface area contributed by atoms with E-state index in [4.69, 9.17) is 21.1 Å². The lowest BCUT2D eigenvalue weighted by atomic mass is 9.99. The van der Waals surface area contributed by atoms with Crippen molar-refractivity contribution in [2.24, 2.45) is 0 Å². The molecule has 0 aliphatic heterocycles. The SMILES string of the molecule is COc1ccc(Cl)c(NC(C)CC(C)(C)OC)c1. The highest BCUT2D eigenvalue weighted by Crippen LogP contribution is 2.28. The third kappa shape index (κ3) is 4.39. The van der Waals surface area contributed by atoms with Crippen molar-refractivity contribution in [3.63, 3.8) is 0 Å². The molecule has 0 aliphatic rings. The molecule has 0 spiro atoms. The van der Waals surface area contributed by atoms with Crippen LogP contribution in [0.1, 0.15) is 27.2 Å². The fraction of sp³-hybridized carbons (Fsp3) is 0.571. The molecule has 0 fully saturated rings. The summed E-state index contributed by atoms with van der Waals surface area (Å²) in [4.78, 5) is 0. The van der Waals surface area contributed by atoms with Crippen molar-refractivity contribution in [1.82, 2.24) is 0 Å². The monoisotopic (exact) mass is 271 g/mol. The minimum Gasteiger partial charge on any atom is -0.497 e. The highest BCUT2D eigenvalue weighted by molar-refractivity contribution is 6.33. The fourth-order valence-corrected chi connectivity index (χ4v) is 2.05. The van der Waals surface area contributed by atoms with Gasteiger partial charge < -0.3 is 14.8 Å². The second-order valence-electron chi connectivity index (χ2n) is 5.06. The zero-order valence-electron chi connectivity index (χ0n) is 11.7. The summed E-state index contributed by atoms with van der Waals surface area (Å²) in [5, 5.41) is 4.08. The average molecular weight is 272 g/mol. The largest absolute Gasteiger partial charge is 0.497 e. The van der Waals surface area contributed by atoms with Crippen LogP contribution >= 0.6 is 11.6 Å². The van der Waals surface area contributed by atoms with E-state index < -0.39 is 0 Å². The van der Waals surface area contributed by atoms with E-state index in [2.05, 4.69) is 26.1 Å². The normalized spacial score (nSPS) is 13.2. The molecule has 0 aliphatic carbocycles. The van der Waals surface area contributed by atoms with Gasteiger partial charge in [0.25, 0.3) is 0 Å². The van der Waals surface area contributed by atoms with Gasteiger partial charge in [0.05, 0.1) is 23.4 Å². The molecule has 0 radical (unpaired) electrons. The van der Waals surface area contributed by atoms with Crippen LogP contribution in [0.5, 0.6) is 5.75 Å². The molecule has 0 amide bonds. The lowest BCUT2D eigenvalue weighted by molar-refractivity contribution is 0.0128. The summed E-state index contributed by atoms with van der Waals surface area (Å²) >= 11 is 6.15. The maximum Gasteiger partial charge on any atom is 0.121 e. The van der Waals surface area contributed by atoms with Gasteiger partial charge in [-0.1, -0.05) is 11.6 Å². The molecule has 0 bridgehead atoms. The van der Waals surface area contributed by atoms with Gasteiger partial charge in [0.15, 0.2) is 0 Å². The van der Waals surface area contributed by atoms with Gasteiger partial charge in [0.1, 0.15) is 5.75 Å². The summed E-state index contributed by atoms with van der Waals surface area (Å²) in [6.45, 7) is 6.24. The number of hydrogen-bond donors (Lipinski definition) is 1. The molecule has 0 saturated carbocycles. The van der Waals surface area contributed by atoms with E-state index in [9.17, 15) is 0 Å². The van der Waals surface area contributed by atoms with Gasteiger partial charge >= 0.3 is 0 Å². The average Bonchev–Trinajstić information content (AvgIpc) is 2.31. The van der Waals surface area contributed by atoms with Crippen LogP contribution in [0.15, 0.2) is 18.2 Å². The molecular formula is C14H22ClNO2. The van der Waals surface area contributed by atoms with E-state index in [1.54, 1.807) is 14.2 Å². The Morgan fingerprint density at radius 2 is 2.00 bits per heavy atom. The molecule has 0 aromatic heterocycles. The van der Waals surface area contributed by atoms with Crippen LogP contribution in [0.2, 0.25) is 5.02 Å². The Kier molecular flexibility index (Phi) is 5.29. The number of rotatable bonds is 6. The van der Waals surface area contributed by atoms with E-state index in [1.807, 2.05) is 18.2 Å². The maximum absolute atomic E-state index is 6.15. The number of anilines is 1. The van der Waals surface area contributed by atoms with E-state index in [0.29, 0.717) is 5.02 Å². The molecule has 0 saturated heterocycles. The molecule has 0 heterocycles. The molecule has 3 nitrogen and oxygen atoms in total. The van der Waals surface area contributed by atoms with Crippen molar-refractivity contribution in [2.75, 3.05) is 19.5 Å². The Morgan fingerprint density at radius 1 is 1.33 bits per heavy atom. The van der Waals surface area contributed by atoms with E-state index in [0.717, 1.165) is 17.9 Å². The lowest BCUT2D eigenvalue weighted by Gasteiger charge is -2.27. The van der Waals surface area contributed by atoms with Crippen molar-refractivity contribution in [3.05, 3.63) is 23.2 Å². The van der Waals surface area contributed by atoms with Gasteiger partial charge in [0, 0.05) is 19.2 Å². The summed E-state index contributed by atoms with van der Waals surface area (Å²) in [7, 11) is 3.37. The molecule has 4 heteroatoms. The Hall–Kier alpha value is -0.930. The van der Waals surface area contributed by atoms with Gasteiger partial charge in [-0.3, -0.25) is 0 Å². The molecule has 102 valence electrons. The summed E-state index contributed by atoms with van der Waals surface area (Å²) in [5.41, 5.74) is 0.730. The number of benzene rings is 1. The van der Waals surface area contributed by atoms with E-state index in [-0.39, 0.29) is 11.6 Å². The summed E-state index contributed by atoms with van der Waals surface area (Å²) in [6.07, 6.45) is 0.886. The number of halogens is 1. The summed E-state index contributed by atoms with van der Waals surface area (Å²) in [5.74, 6) is 0.792. The first-order valence-corrected chi connectivity index (χ1v) is 6.41. The second kappa shape index (κ2) is 6.30. The highest BCUT2D eigenvalue weighted by atomic mass is 35.5. The minimum absolute atomic E-state index is 0.155. The molecule has 1 aromatic carbocycles. The molecule has 1 aromatic rings. The second-order valence-corrected chi connectivity index (χ2v) is 5.47. The van der Waals surface area contributed by atoms with Gasteiger partial charge in [0.2, 0.25) is 0 Å². The van der Waals surface area contributed by atoms with Crippen LogP contribution in [-0.4, -0.2) is 25.9 Å². The third-order valence-electron chi connectivity index (χ3n) is 2.93. The standard InChI is InChI=1S/C14H22ClNO2/c1-10(9-14(2,3)18-5)16-13-8-11(17-4)6-7-12(13)15/h6-8,10,16H,9H2,1-5H3. The van der Waals surface area contributed by atoms with Crippen LogP contribution in [0, 0.1) is 0 Å². The van der Waals surface area contributed by atoms with E-state index >= 15 is 0 Å². The Labute approximate surface area is 114 Å². The van der Waals surface area contributed by atoms with Crippen molar-refractivity contribution in [3.8, 4) is 5.75 Å². The van der Waals surface area contributed by atoms with Crippen LogP contribution in [-0.2, 0) is 4.74 Å². The van der Waals surface area contributed by atoms with Crippen molar-refractivity contribution in [1.29, 1.82) is 0 Å². The van der Waals surface area contributed by atoms with Crippen molar-refractivity contribution in [2.45, 2.75) is 38.8 Å². The number of nitrogens with one attached hydrogen (secondary N) is 1. The molecule has 1 atom stereocenters. The third-order valence-corrected chi connectivity index (χ3v) is 3.26.